The first-order valence-electron chi connectivity index (χ1n) is 6.33. The van der Waals surface area contributed by atoms with Gasteiger partial charge in [0.15, 0.2) is 0 Å². The van der Waals surface area contributed by atoms with Gasteiger partial charge in [-0.1, -0.05) is 19.1 Å². The molecule has 1 rings (SSSR count). The number of carboxylic acid groups (broad SMARTS) is 1. The Balaban J connectivity index is 2.45. The quantitative estimate of drug-likeness (QED) is 0.812. The van der Waals surface area contributed by atoms with Crippen LogP contribution >= 0.6 is 11.8 Å². The van der Waals surface area contributed by atoms with Crippen LogP contribution in [0.15, 0.2) is 24.3 Å². The summed E-state index contributed by atoms with van der Waals surface area (Å²) in [6, 6.07) is 5.65. The molecule has 20 heavy (non-hydrogen) atoms. The number of carbonyl (C=O) groups excluding carboxylic acids is 1. The van der Waals surface area contributed by atoms with Crippen LogP contribution in [0.4, 0.5) is 4.39 Å². The van der Waals surface area contributed by atoms with E-state index in [0.717, 1.165) is 17.3 Å². The van der Waals surface area contributed by atoms with E-state index in [2.05, 4.69) is 5.32 Å². The minimum Gasteiger partial charge on any atom is -0.480 e. The van der Waals surface area contributed by atoms with Crippen LogP contribution in [0.1, 0.15) is 31.9 Å². The smallest absolute Gasteiger partial charge is 0.316 e. The number of amides is 1. The molecule has 0 fully saturated rings. The predicted molar refractivity (Wildman–Crippen MR) is 77.1 cm³/mol. The van der Waals surface area contributed by atoms with Gasteiger partial charge in [-0.25, -0.2) is 4.39 Å². The van der Waals surface area contributed by atoms with Crippen molar-refractivity contribution >= 4 is 23.6 Å². The first kappa shape index (κ1) is 16.5. The second-order valence-electron chi connectivity index (χ2n) is 4.39. The summed E-state index contributed by atoms with van der Waals surface area (Å²) >= 11 is 1.11. The largest absolute Gasteiger partial charge is 0.480 e. The lowest BCUT2D eigenvalue weighted by Crippen LogP contribution is -2.29. The number of hydrogen-bond donors (Lipinski definition) is 2. The highest BCUT2D eigenvalue weighted by atomic mass is 32.2. The van der Waals surface area contributed by atoms with Crippen molar-refractivity contribution < 1.29 is 19.1 Å². The number of carboxylic acids is 1. The Hall–Kier alpha value is -1.56. The third-order valence-electron chi connectivity index (χ3n) is 2.81. The second kappa shape index (κ2) is 7.89. The molecule has 2 atom stereocenters. The van der Waals surface area contributed by atoms with Crippen molar-refractivity contribution in [1.29, 1.82) is 0 Å². The molecule has 0 aliphatic rings. The molecule has 0 saturated heterocycles. The van der Waals surface area contributed by atoms with Crippen molar-refractivity contribution in [3.8, 4) is 0 Å². The summed E-state index contributed by atoms with van der Waals surface area (Å²) in [5.74, 6) is -1.37. The van der Waals surface area contributed by atoms with E-state index < -0.39 is 11.2 Å². The fourth-order valence-electron chi connectivity index (χ4n) is 1.66. The molecular formula is C14H18FNO3S. The first-order valence-corrected chi connectivity index (χ1v) is 7.38. The molecule has 1 aromatic rings. The maximum atomic E-state index is 12.8. The third-order valence-corrected chi connectivity index (χ3v) is 4.18. The van der Waals surface area contributed by atoms with E-state index in [9.17, 15) is 14.0 Å². The molecule has 0 heterocycles. The van der Waals surface area contributed by atoms with Crippen molar-refractivity contribution in [3.63, 3.8) is 0 Å². The van der Waals surface area contributed by atoms with E-state index in [1.165, 1.54) is 12.1 Å². The van der Waals surface area contributed by atoms with Crippen molar-refractivity contribution in [3.05, 3.63) is 35.6 Å². The van der Waals surface area contributed by atoms with Gasteiger partial charge in [0.05, 0.1) is 11.8 Å². The summed E-state index contributed by atoms with van der Waals surface area (Å²) < 4.78 is 12.8. The molecule has 0 bridgehead atoms. The van der Waals surface area contributed by atoms with E-state index in [1.54, 1.807) is 26.0 Å². The molecule has 2 N–H and O–H groups in total. The summed E-state index contributed by atoms with van der Waals surface area (Å²) in [4.78, 5) is 22.6. The molecule has 0 radical (unpaired) electrons. The first-order chi connectivity index (χ1) is 9.43. The number of carbonyl (C=O) groups is 2. The number of hydrogen-bond acceptors (Lipinski definition) is 3. The molecule has 0 spiro atoms. The van der Waals surface area contributed by atoms with Crippen LogP contribution in [0.2, 0.25) is 0 Å². The van der Waals surface area contributed by atoms with Gasteiger partial charge in [-0.15, -0.1) is 11.8 Å². The Kier molecular flexibility index (Phi) is 6.51. The van der Waals surface area contributed by atoms with Gasteiger partial charge in [-0.05, 0) is 31.0 Å². The highest BCUT2D eigenvalue weighted by Gasteiger charge is 2.18. The standard InChI is InChI=1S/C14H18FNO3S/c1-3-12(14(18)19)20-8-13(17)16-9(2)10-4-6-11(15)7-5-10/h4-7,9,12H,3,8H2,1-2H3,(H,16,17)(H,18,19). The summed E-state index contributed by atoms with van der Waals surface area (Å²) in [7, 11) is 0. The van der Waals surface area contributed by atoms with Gasteiger partial charge in [0.25, 0.3) is 0 Å². The number of nitrogens with one attached hydrogen (secondary N) is 1. The van der Waals surface area contributed by atoms with Gasteiger partial charge in [0, 0.05) is 0 Å². The Morgan fingerprint density at radius 2 is 1.95 bits per heavy atom. The van der Waals surface area contributed by atoms with Gasteiger partial charge in [-0.3, -0.25) is 9.59 Å². The lowest BCUT2D eigenvalue weighted by Gasteiger charge is -2.15. The molecule has 110 valence electrons. The summed E-state index contributed by atoms with van der Waals surface area (Å²) in [5, 5.41) is 11.1. The van der Waals surface area contributed by atoms with Gasteiger partial charge >= 0.3 is 5.97 Å². The Morgan fingerprint density at radius 3 is 2.45 bits per heavy atom. The van der Waals surface area contributed by atoms with Gasteiger partial charge in [0.1, 0.15) is 11.1 Å². The second-order valence-corrected chi connectivity index (χ2v) is 5.58. The van der Waals surface area contributed by atoms with Gasteiger partial charge in [-0.2, -0.15) is 0 Å². The van der Waals surface area contributed by atoms with Crippen LogP contribution in [0.3, 0.4) is 0 Å². The highest BCUT2D eigenvalue weighted by molar-refractivity contribution is 8.01. The Bertz CT molecular complexity index is 464. The zero-order valence-corrected chi connectivity index (χ0v) is 12.2. The fraction of sp³-hybridized carbons (Fsp3) is 0.429. The molecule has 0 aromatic heterocycles. The topological polar surface area (TPSA) is 66.4 Å². The average molecular weight is 299 g/mol. The number of benzene rings is 1. The minimum atomic E-state index is -0.906. The number of halogens is 1. The molecule has 6 heteroatoms. The molecule has 2 unspecified atom stereocenters. The number of thioether (sulfide) groups is 1. The van der Waals surface area contributed by atoms with E-state index >= 15 is 0 Å². The van der Waals surface area contributed by atoms with Crippen LogP contribution in [0.5, 0.6) is 0 Å². The van der Waals surface area contributed by atoms with E-state index in [1.807, 2.05) is 0 Å². The Labute approximate surface area is 121 Å². The molecule has 4 nitrogen and oxygen atoms in total. The normalized spacial score (nSPS) is 13.6. The number of aliphatic carboxylic acids is 1. The van der Waals surface area contributed by atoms with Crippen LogP contribution in [-0.4, -0.2) is 28.0 Å². The van der Waals surface area contributed by atoms with Crippen molar-refractivity contribution in [2.45, 2.75) is 31.6 Å². The van der Waals surface area contributed by atoms with Gasteiger partial charge < -0.3 is 10.4 Å². The molecule has 0 aliphatic carbocycles. The average Bonchev–Trinajstić information content (AvgIpc) is 2.39. The van der Waals surface area contributed by atoms with E-state index in [-0.39, 0.29) is 23.5 Å². The monoisotopic (exact) mass is 299 g/mol. The Morgan fingerprint density at radius 1 is 1.35 bits per heavy atom. The maximum Gasteiger partial charge on any atom is 0.316 e. The minimum absolute atomic E-state index is 0.0936. The lowest BCUT2D eigenvalue weighted by molar-refractivity contribution is -0.136. The summed E-state index contributed by atoms with van der Waals surface area (Å²) in [6.45, 7) is 3.56. The van der Waals surface area contributed by atoms with E-state index in [4.69, 9.17) is 5.11 Å². The summed E-state index contributed by atoms with van der Waals surface area (Å²) in [5.41, 5.74) is 0.801. The highest BCUT2D eigenvalue weighted by Crippen LogP contribution is 2.16. The van der Waals surface area contributed by atoms with Gasteiger partial charge in [0.2, 0.25) is 5.91 Å². The molecular weight excluding hydrogens is 281 g/mol. The number of rotatable bonds is 7. The summed E-state index contributed by atoms with van der Waals surface area (Å²) in [6.07, 6.45) is 0.473. The predicted octanol–water partition coefficient (Wildman–Crippen LogP) is 2.60. The third kappa shape index (κ3) is 5.21. The van der Waals surface area contributed by atoms with Crippen molar-refractivity contribution in [2.24, 2.45) is 0 Å². The molecule has 0 aliphatic heterocycles. The lowest BCUT2D eigenvalue weighted by atomic mass is 10.1. The van der Waals surface area contributed by atoms with Crippen LogP contribution in [-0.2, 0) is 9.59 Å². The molecule has 1 aromatic carbocycles. The zero-order chi connectivity index (χ0) is 15.1. The maximum absolute atomic E-state index is 12.8. The van der Waals surface area contributed by atoms with Crippen molar-refractivity contribution in [2.75, 3.05) is 5.75 Å². The zero-order valence-electron chi connectivity index (χ0n) is 11.4. The van der Waals surface area contributed by atoms with Crippen LogP contribution in [0.25, 0.3) is 0 Å². The molecule has 1 amide bonds. The SMILES string of the molecule is CCC(SCC(=O)NC(C)c1ccc(F)cc1)C(=O)O. The van der Waals surface area contributed by atoms with Crippen LogP contribution in [0, 0.1) is 5.82 Å². The fourth-order valence-corrected chi connectivity index (χ4v) is 2.47. The van der Waals surface area contributed by atoms with Crippen molar-refractivity contribution in [1.82, 2.24) is 5.32 Å². The van der Waals surface area contributed by atoms with E-state index in [0.29, 0.717) is 6.42 Å². The molecule has 0 saturated carbocycles. The van der Waals surface area contributed by atoms with Crippen LogP contribution < -0.4 is 5.32 Å².